The maximum Gasteiger partial charge on any atom is 0.0826 e. The van der Waals surface area contributed by atoms with E-state index in [2.05, 4.69) is 23.3 Å². The van der Waals surface area contributed by atoms with Crippen molar-refractivity contribution in [3.63, 3.8) is 0 Å². The van der Waals surface area contributed by atoms with Gasteiger partial charge in [-0.3, -0.25) is 0 Å². The number of rotatable bonds is 4. The molecule has 0 bridgehead atoms. The van der Waals surface area contributed by atoms with Crippen LogP contribution in [0.15, 0.2) is 24.3 Å². The van der Waals surface area contributed by atoms with E-state index in [9.17, 15) is 0 Å². The first-order valence-corrected chi connectivity index (χ1v) is 6.37. The topological polar surface area (TPSA) is 24.5 Å². The Hall–Kier alpha value is -0.610. The summed E-state index contributed by atoms with van der Waals surface area (Å²) in [7, 11) is 2.13. The molecule has 0 aliphatic carbocycles. The molecule has 94 valence electrons. The molecule has 1 atom stereocenters. The van der Waals surface area contributed by atoms with Gasteiger partial charge < -0.3 is 15.0 Å². The monoisotopic (exact) mass is 254 g/mol. The van der Waals surface area contributed by atoms with Gasteiger partial charge in [-0.15, -0.1) is 0 Å². The zero-order valence-electron chi connectivity index (χ0n) is 10.2. The molecule has 1 aliphatic heterocycles. The van der Waals surface area contributed by atoms with E-state index in [0.717, 1.165) is 37.8 Å². The molecule has 1 aromatic carbocycles. The summed E-state index contributed by atoms with van der Waals surface area (Å²) in [5, 5.41) is 4.20. The molecule has 1 saturated heterocycles. The number of hydrogen-bond donors (Lipinski definition) is 1. The van der Waals surface area contributed by atoms with Gasteiger partial charge in [0.25, 0.3) is 0 Å². The Morgan fingerprint density at radius 2 is 2.41 bits per heavy atom. The fourth-order valence-electron chi connectivity index (χ4n) is 2.01. The second kappa shape index (κ2) is 6.36. The second-order valence-corrected chi connectivity index (χ2v) is 4.95. The van der Waals surface area contributed by atoms with E-state index >= 15 is 0 Å². The molecule has 3 nitrogen and oxygen atoms in total. The first kappa shape index (κ1) is 12.8. The Kier molecular flexibility index (Phi) is 4.80. The van der Waals surface area contributed by atoms with Crippen LogP contribution in [-0.4, -0.2) is 44.3 Å². The molecule has 4 heteroatoms. The van der Waals surface area contributed by atoms with E-state index in [4.69, 9.17) is 16.3 Å². The summed E-state index contributed by atoms with van der Waals surface area (Å²) in [4.78, 5) is 2.30. The Morgan fingerprint density at radius 1 is 1.53 bits per heavy atom. The van der Waals surface area contributed by atoms with Crippen LogP contribution in [0.4, 0.5) is 0 Å². The highest BCUT2D eigenvalue weighted by atomic mass is 35.5. The molecular formula is C13H19ClN2O. The van der Waals surface area contributed by atoms with Crippen molar-refractivity contribution in [3.8, 4) is 0 Å². The van der Waals surface area contributed by atoms with Gasteiger partial charge in [0.15, 0.2) is 0 Å². The van der Waals surface area contributed by atoms with Gasteiger partial charge in [0, 0.05) is 31.2 Å². The number of likely N-dealkylation sites (N-methyl/N-ethyl adjacent to an activating group) is 1. The van der Waals surface area contributed by atoms with Crippen molar-refractivity contribution in [1.29, 1.82) is 0 Å². The molecule has 1 N–H and O–H groups in total. The summed E-state index contributed by atoms with van der Waals surface area (Å²) in [6.45, 7) is 4.59. The molecule has 1 aliphatic rings. The summed E-state index contributed by atoms with van der Waals surface area (Å²) in [6, 6.07) is 7.93. The third-order valence-electron chi connectivity index (χ3n) is 2.93. The van der Waals surface area contributed by atoms with Crippen molar-refractivity contribution < 1.29 is 4.74 Å². The zero-order valence-corrected chi connectivity index (χ0v) is 10.9. The van der Waals surface area contributed by atoms with Gasteiger partial charge in [-0.2, -0.15) is 0 Å². The lowest BCUT2D eigenvalue weighted by Crippen LogP contribution is -2.44. The number of nitrogens with one attached hydrogen (secondary N) is 1. The van der Waals surface area contributed by atoms with E-state index in [0.29, 0.717) is 6.10 Å². The van der Waals surface area contributed by atoms with Crippen molar-refractivity contribution in [2.75, 3.05) is 33.3 Å². The Labute approximate surface area is 108 Å². The predicted molar refractivity (Wildman–Crippen MR) is 70.4 cm³/mol. The minimum Gasteiger partial charge on any atom is -0.374 e. The lowest BCUT2D eigenvalue weighted by atomic mass is 10.2. The van der Waals surface area contributed by atoms with Crippen LogP contribution in [0.1, 0.15) is 5.56 Å². The Morgan fingerprint density at radius 3 is 3.18 bits per heavy atom. The largest absolute Gasteiger partial charge is 0.374 e. The zero-order chi connectivity index (χ0) is 12.1. The first-order chi connectivity index (χ1) is 8.24. The molecule has 1 fully saturated rings. The number of morpholine rings is 1. The van der Waals surface area contributed by atoms with Gasteiger partial charge in [-0.25, -0.2) is 0 Å². The molecule has 1 aromatic rings. The number of benzene rings is 1. The van der Waals surface area contributed by atoms with Crippen molar-refractivity contribution in [1.82, 2.24) is 10.2 Å². The third kappa shape index (κ3) is 4.28. The van der Waals surface area contributed by atoms with Crippen LogP contribution < -0.4 is 5.32 Å². The smallest absolute Gasteiger partial charge is 0.0826 e. The SMILES string of the molecule is CN1CCOC(CNCc2cccc(Cl)c2)C1. The van der Waals surface area contributed by atoms with Crippen LogP contribution in [0.2, 0.25) is 5.02 Å². The number of hydrogen-bond acceptors (Lipinski definition) is 3. The van der Waals surface area contributed by atoms with Gasteiger partial charge in [0.1, 0.15) is 0 Å². The summed E-state index contributed by atoms with van der Waals surface area (Å²) < 4.78 is 5.68. The third-order valence-corrected chi connectivity index (χ3v) is 3.17. The molecule has 0 aromatic heterocycles. The van der Waals surface area contributed by atoms with E-state index < -0.39 is 0 Å². The minimum absolute atomic E-state index is 0.299. The molecule has 0 amide bonds. The highest BCUT2D eigenvalue weighted by Gasteiger charge is 2.16. The highest BCUT2D eigenvalue weighted by Crippen LogP contribution is 2.10. The van der Waals surface area contributed by atoms with Crippen LogP contribution in [0.3, 0.4) is 0 Å². The van der Waals surface area contributed by atoms with Crippen molar-refractivity contribution in [2.45, 2.75) is 12.6 Å². The second-order valence-electron chi connectivity index (χ2n) is 4.52. The maximum atomic E-state index is 5.93. The maximum absolute atomic E-state index is 5.93. The minimum atomic E-state index is 0.299. The highest BCUT2D eigenvalue weighted by molar-refractivity contribution is 6.30. The van der Waals surface area contributed by atoms with Gasteiger partial charge in [0.2, 0.25) is 0 Å². The number of nitrogens with zero attached hydrogens (tertiary/aromatic N) is 1. The average molecular weight is 255 g/mol. The first-order valence-electron chi connectivity index (χ1n) is 5.99. The normalized spacial score (nSPS) is 21.6. The Bertz CT molecular complexity index is 359. The van der Waals surface area contributed by atoms with Gasteiger partial charge in [-0.05, 0) is 24.7 Å². The lowest BCUT2D eigenvalue weighted by molar-refractivity contribution is -0.0182. The lowest BCUT2D eigenvalue weighted by Gasteiger charge is -2.30. The van der Waals surface area contributed by atoms with Crippen LogP contribution in [0.5, 0.6) is 0 Å². The Balaban J connectivity index is 1.72. The van der Waals surface area contributed by atoms with Gasteiger partial charge in [-0.1, -0.05) is 23.7 Å². The van der Waals surface area contributed by atoms with E-state index in [1.54, 1.807) is 0 Å². The average Bonchev–Trinajstić information content (AvgIpc) is 2.29. The molecule has 1 heterocycles. The van der Waals surface area contributed by atoms with Crippen LogP contribution in [0.25, 0.3) is 0 Å². The van der Waals surface area contributed by atoms with E-state index in [1.807, 2.05) is 18.2 Å². The molecule has 17 heavy (non-hydrogen) atoms. The van der Waals surface area contributed by atoms with E-state index in [-0.39, 0.29) is 0 Å². The summed E-state index contributed by atoms with van der Waals surface area (Å²) >= 11 is 5.93. The molecule has 0 spiro atoms. The standard InChI is InChI=1S/C13H19ClN2O/c1-16-5-6-17-13(10-16)9-15-8-11-3-2-4-12(14)7-11/h2-4,7,13,15H,5-6,8-10H2,1H3. The van der Waals surface area contributed by atoms with Crippen molar-refractivity contribution in [3.05, 3.63) is 34.9 Å². The molecular weight excluding hydrogens is 236 g/mol. The fourth-order valence-corrected chi connectivity index (χ4v) is 2.23. The summed E-state index contributed by atoms with van der Waals surface area (Å²) in [5.74, 6) is 0. The van der Waals surface area contributed by atoms with Crippen LogP contribution in [-0.2, 0) is 11.3 Å². The van der Waals surface area contributed by atoms with Gasteiger partial charge in [0.05, 0.1) is 12.7 Å². The fraction of sp³-hybridized carbons (Fsp3) is 0.538. The van der Waals surface area contributed by atoms with Gasteiger partial charge >= 0.3 is 0 Å². The van der Waals surface area contributed by atoms with Crippen LogP contribution in [0, 0.1) is 0 Å². The molecule has 2 rings (SSSR count). The number of ether oxygens (including phenoxy) is 1. The summed E-state index contributed by atoms with van der Waals surface area (Å²) in [6.07, 6.45) is 0.299. The van der Waals surface area contributed by atoms with E-state index in [1.165, 1.54) is 5.56 Å². The van der Waals surface area contributed by atoms with Crippen molar-refractivity contribution >= 4 is 11.6 Å². The van der Waals surface area contributed by atoms with Crippen molar-refractivity contribution in [2.24, 2.45) is 0 Å². The molecule has 1 unspecified atom stereocenters. The summed E-state index contributed by atoms with van der Waals surface area (Å²) in [5.41, 5.74) is 1.21. The quantitative estimate of drug-likeness (QED) is 0.886. The molecule has 0 radical (unpaired) electrons. The van der Waals surface area contributed by atoms with Crippen LogP contribution >= 0.6 is 11.6 Å². The molecule has 0 saturated carbocycles. The predicted octanol–water partition coefficient (Wildman–Crippen LogP) is 1.76. The number of halogens is 1.